The Morgan fingerprint density at radius 3 is 2.11 bits per heavy atom. The second-order valence-corrected chi connectivity index (χ2v) is 3.27. The molecule has 1 saturated heterocycles. The van der Waals surface area contributed by atoms with E-state index in [4.69, 9.17) is 0 Å². The average Bonchev–Trinajstić information content (AvgIpc) is 1.79. The summed E-state index contributed by atoms with van der Waals surface area (Å²) >= 11 is 0. The van der Waals surface area contributed by atoms with E-state index in [-0.39, 0.29) is 5.54 Å². The first-order valence-corrected chi connectivity index (χ1v) is 3.16. The van der Waals surface area contributed by atoms with Gasteiger partial charge in [-0.05, 0) is 25.8 Å². The third-order valence-corrected chi connectivity index (χ3v) is 1.57. The van der Waals surface area contributed by atoms with Gasteiger partial charge in [0, 0.05) is 11.2 Å². The molecule has 50 valence electrons. The Kier molecular flexibility index (Phi) is 1.16. The van der Waals surface area contributed by atoms with E-state index in [0.717, 1.165) is 17.7 Å². The van der Waals surface area contributed by atoms with E-state index in [2.05, 4.69) is 32.3 Å². The summed E-state index contributed by atoms with van der Waals surface area (Å²) in [6, 6.07) is 0. The van der Waals surface area contributed by atoms with E-state index in [9.17, 15) is 0 Å². The van der Waals surface area contributed by atoms with Gasteiger partial charge in [0.25, 0.3) is 0 Å². The predicted octanol–water partition coefficient (Wildman–Crippen LogP) is 1.83. The number of rotatable bonds is 0. The van der Waals surface area contributed by atoms with Crippen LogP contribution in [0.15, 0.2) is 24.4 Å². The Morgan fingerprint density at radius 1 is 1.44 bits per heavy atom. The highest BCUT2D eigenvalue weighted by Gasteiger charge is 2.26. The molecule has 0 bridgehead atoms. The maximum absolute atomic E-state index is 3.87. The van der Waals surface area contributed by atoms with Crippen molar-refractivity contribution < 1.29 is 0 Å². The van der Waals surface area contributed by atoms with Gasteiger partial charge in [-0.15, -0.1) is 0 Å². The van der Waals surface area contributed by atoms with E-state index in [1.54, 1.807) is 0 Å². The predicted molar refractivity (Wildman–Crippen MR) is 40.1 cm³/mol. The lowest BCUT2D eigenvalue weighted by Crippen LogP contribution is -2.30. The molecule has 1 heterocycles. The molecule has 0 spiro atoms. The van der Waals surface area contributed by atoms with E-state index < -0.39 is 0 Å². The van der Waals surface area contributed by atoms with Crippen LogP contribution in [0.2, 0.25) is 0 Å². The van der Waals surface area contributed by atoms with E-state index in [1.807, 2.05) is 0 Å². The monoisotopic (exact) mass is 123 g/mol. The van der Waals surface area contributed by atoms with Crippen LogP contribution in [-0.2, 0) is 0 Å². The van der Waals surface area contributed by atoms with Crippen molar-refractivity contribution in [3.05, 3.63) is 24.4 Å². The maximum atomic E-state index is 3.87. The summed E-state index contributed by atoms with van der Waals surface area (Å²) < 4.78 is 0. The Hall–Kier alpha value is -0.720. The molecule has 1 rings (SSSR count). The zero-order chi connectivity index (χ0) is 7.07. The molecule has 1 nitrogen and oxygen atoms in total. The fraction of sp³-hybridized carbons (Fsp3) is 0.500. The largest absolute Gasteiger partial charge is 0.380 e. The normalized spacial score (nSPS) is 24.2. The fourth-order valence-corrected chi connectivity index (χ4v) is 1.18. The second kappa shape index (κ2) is 1.63. The van der Waals surface area contributed by atoms with Gasteiger partial charge in [-0.1, -0.05) is 13.2 Å². The minimum Gasteiger partial charge on any atom is -0.380 e. The van der Waals surface area contributed by atoms with Gasteiger partial charge in [0.1, 0.15) is 0 Å². The van der Waals surface area contributed by atoms with Crippen molar-refractivity contribution in [2.24, 2.45) is 0 Å². The molecular formula is C8H13N. The van der Waals surface area contributed by atoms with Crippen molar-refractivity contribution in [2.45, 2.75) is 25.8 Å². The molecule has 0 amide bonds. The standard InChI is InChI=1S/C8H13N/c1-6-5-8(3,4)9-7(6)2/h9H,1-2,5H2,3-4H3. The van der Waals surface area contributed by atoms with Crippen LogP contribution in [0.5, 0.6) is 0 Å². The molecule has 0 aromatic carbocycles. The van der Waals surface area contributed by atoms with Crippen LogP contribution in [0.1, 0.15) is 20.3 Å². The highest BCUT2D eigenvalue weighted by atomic mass is 15.0. The lowest BCUT2D eigenvalue weighted by Gasteiger charge is -2.16. The molecular weight excluding hydrogens is 110 g/mol. The molecule has 9 heavy (non-hydrogen) atoms. The summed E-state index contributed by atoms with van der Waals surface area (Å²) in [6.07, 6.45) is 1.02. The lowest BCUT2D eigenvalue weighted by molar-refractivity contribution is 0.480. The average molecular weight is 123 g/mol. The van der Waals surface area contributed by atoms with Gasteiger partial charge in [0.2, 0.25) is 0 Å². The highest BCUT2D eigenvalue weighted by molar-refractivity contribution is 5.32. The van der Waals surface area contributed by atoms with Gasteiger partial charge in [0.15, 0.2) is 0 Å². The van der Waals surface area contributed by atoms with Gasteiger partial charge < -0.3 is 5.32 Å². The van der Waals surface area contributed by atoms with E-state index in [1.165, 1.54) is 0 Å². The molecule has 0 saturated carbocycles. The molecule has 1 heteroatoms. The Bertz CT molecular complexity index is 147. The van der Waals surface area contributed by atoms with Crippen LogP contribution in [0.3, 0.4) is 0 Å². The zero-order valence-corrected chi connectivity index (χ0v) is 6.12. The van der Waals surface area contributed by atoms with Gasteiger partial charge >= 0.3 is 0 Å². The Labute approximate surface area is 56.5 Å². The zero-order valence-electron chi connectivity index (χ0n) is 6.12. The van der Waals surface area contributed by atoms with Crippen molar-refractivity contribution in [1.82, 2.24) is 5.32 Å². The van der Waals surface area contributed by atoms with Crippen LogP contribution in [0.25, 0.3) is 0 Å². The third kappa shape index (κ3) is 1.15. The SMILES string of the molecule is C=C1CC(C)(C)NC1=C. The number of hydrogen-bond donors (Lipinski definition) is 1. The number of nitrogens with one attached hydrogen (secondary N) is 1. The lowest BCUT2D eigenvalue weighted by atomic mass is 10.0. The first kappa shape index (κ1) is 6.40. The maximum Gasteiger partial charge on any atom is 0.0358 e. The molecule has 0 aliphatic carbocycles. The topological polar surface area (TPSA) is 12.0 Å². The van der Waals surface area contributed by atoms with Gasteiger partial charge in [-0.2, -0.15) is 0 Å². The summed E-state index contributed by atoms with van der Waals surface area (Å²) in [5, 5.41) is 3.25. The van der Waals surface area contributed by atoms with Crippen molar-refractivity contribution >= 4 is 0 Å². The summed E-state index contributed by atoms with van der Waals surface area (Å²) in [5.74, 6) is 0. The van der Waals surface area contributed by atoms with Crippen LogP contribution in [0, 0.1) is 0 Å². The van der Waals surface area contributed by atoms with Crippen LogP contribution in [0.4, 0.5) is 0 Å². The molecule has 0 aromatic heterocycles. The molecule has 1 aliphatic heterocycles. The van der Waals surface area contributed by atoms with E-state index >= 15 is 0 Å². The summed E-state index contributed by atoms with van der Waals surface area (Å²) in [4.78, 5) is 0. The van der Waals surface area contributed by atoms with Crippen molar-refractivity contribution in [3.63, 3.8) is 0 Å². The van der Waals surface area contributed by atoms with Gasteiger partial charge in [-0.3, -0.25) is 0 Å². The van der Waals surface area contributed by atoms with Gasteiger partial charge in [-0.25, -0.2) is 0 Å². The molecule has 0 atom stereocenters. The summed E-state index contributed by atoms with van der Waals surface area (Å²) in [6.45, 7) is 12.0. The molecule has 1 fully saturated rings. The second-order valence-electron chi connectivity index (χ2n) is 3.27. The van der Waals surface area contributed by atoms with Crippen molar-refractivity contribution in [3.8, 4) is 0 Å². The Balaban J connectivity index is 2.76. The molecule has 0 aromatic rings. The first-order chi connectivity index (χ1) is 4.01. The molecule has 1 N–H and O–H groups in total. The fourth-order valence-electron chi connectivity index (χ4n) is 1.18. The van der Waals surface area contributed by atoms with Gasteiger partial charge in [0.05, 0.1) is 0 Å². The van der Waals surface area contributed by atoms with E-state index in [0.29, 0.717) is 0 Å². The summed E-state index contributed by atoms with van der Waals surface area (Å²) in [5.41, 5.74) is 2.33. The number of hydrogen-bond acceptors (Lipinski definition) is 1. The smallest absolute Gasteiger partial charge is 0.0358 e. The molecule has 0 unspecified atom stereocenters. The minimum atomic E-state index is 0.189. The van der Waals surface area contributed by atoms with Crippen molar-refractivity contribution in [1.29, 1.82) is 0 Å². The Morgan fingerprint density at radius 2 is 2.00 bits per heavy atom. The highest BCUT2D eigenvalue weighted by Crippen LogP contribution is 2.27. The van der Waals surface area contributed by atoms with Crippen LogP contribution in [-0.4, -0.2) is 5.54 Å². The minimum absolute atomic E-state index is 0.189. The first-order valence-electron chi connectivity index (χ1n) is 3.16. The van der Waals surface area contributed by atoms with Crippen LogP contribution < -0.4 is 5.32 Å². The molecule has 1 aliphatic rings. The van der Waals surface area contributed by atoms with Crippen LogP contribution >= 0.6 is 0 Å². The summed E-state index contributed by atoms with van der Waals surface area (Å²) in [7, 11) is 0. The molecule has 0 radical (unpaired) electrons. The number of allylic oxidation sites excluding steroid dienone is 1. The van der Waals surface area contributed by atoms with Crippen molar-refractivity contribution in [2.75, 3.05) is 0 Å². The quantitative estimate of drug-likeness (QED) is 0.518. The third-order valence-electron chi connectivity index (χ3n) is 1.57.